The van der Waals surface area contributed by atoms with Crippen molar-refractivity contribution in [2.45, 2.75) is 19.6 Å². The van der Waals surface area contributed by atoms with Gasteiger partial charge in [-0.15, -0.1) is 0 Å². The van der Waals surface area contributed by atoms with Gasteiger partial charge in [-0.3, -0.25) is 9.63 Å². The molecule has 0 aliphatic rings. The summed E-state index contributed by atoms with van der Waals surface area (Å²) < 4.78 is 4.94. The van der Waals surface area contributed by atoms with Crippen molar-refractivity contribution in [1.29, 1.82) is 0 Å². The van der Waals surface area contributed by atoms with Gasteiger partial charge in [-0.05, 0) is 12.5 Å². The Labute approximate surface area is 112 Å². The van der Waals surface area contributed by atoms with Crippen LogP contribution >= 0.6 is 0 Å². The van der Waals surface area contributed by atoms with E-state index in [2.05, 4.69) is 5.32 Å². The summed E-state index contributed by atoms with van der Waals surface area (Å²) in [5.74, 6) is -0.433. The first kappa shape index (κ1) is 15.0. The fourth-order valence-electron chi connectivity index (χ4n) is 1.37. The number of carbonyl (C=O) groups is 2. The molecule has 1 aromatic carbocycles. The third-order valence-corrected chi connectivity index (χ3v) is 2.50. The van der Waals surface area contributed by atoms with E-state index in [-0.39, 0.29) is 0 Å². The minimum atomic E-state index is -0.902. The normalized spacial score (nSPS) is 11.5. The average molecular weight is 266 g/mol. The highest BCUT2D eigenvalue weighted by atomic mass is 16.7. The minimum Gasteiger partial charge on any atom is -0.436 e. The van der Waals surface area contributed by atoms with Crippen LogP contribution in [0.4, 0.5) is 4.79 Å². The summed E-state index contributed by atoms with van der Waals surface area (Å²) in [5.41, 5.74) is 0.951. The molecule has 0 aromatic heterocycles. The van der Waals surface area contributed by atoms with E-state index in [9.17, 15) is 9.59 Å². The average Bonchev–Trinajstić information content (AvgIpc) is 2.44. The Hall–Kier alpha value is -2.08. The molecule has 0 spiro atoms. The van der Waals surface area contributed by atoms with Gasteiger partial charge in [0.1, 0.15) is 0 Å². The van der Waals surface area contributed by atoms with Crippen LogP contribution in [0.1, 0.15) is 12.5 Å². The molecule has 104 valence electrons. The second-order valence-electron chi connectivity index (χ2n) is 3.90. The second kappa shape index (κ2) is 7.38. The smallest absolute Gasteiger partial charge is 0.408 e. The number of nitrogens with one attached hydrogen (secondary N) is 1. The fraction of sp³-hybridized carbons (Fsp3) is 0.385. The van der Waals surface area contributed by atoms with E-state index >= 15 is 0 Å². The van der Waals surface area contributed by atoms with Gasteiger partial charge >= 0.3 is 6.09 Å². The number of carbonyl (C=O) groups excluding carboxylic acids is 2. The number of hydrogen-bond donors (Lipinski definition) is 1. The molecule has 0 unspecified atom stereocenters. The van der Waals surface area contributed by atoms with Gasteiger partial charge in [-0.25, -0.2) is 9.86 Å². The summed E-state index contributed by atoms with van der Waals surface area (Å²) in [6, 6.07) is 9.41. The minimum absolute atomic E-state index is 0.348. The van der Waals surface area contributed by atoms with Gasteiger partial charge < -0.3 is 10.1 Å². The Bertz CT molecular complexity index is 422. The first-order valence-electron chi connectivity index (χ1n) is 5.84. The van der Waals surface area contributed by atoms with E-state index in [0.717, 1.165) is 10.6 Å². The first-order chi connectivity index (χ1) is 9.04. The number of rotatable bonds is 5. The molecule has 6 heteroatoms. The highest BCUT2D eigenvalue weighted by Crippen LogP contribution is 2.00. The third kappa shape index (κ3) is 4.97. The van der Waals surface area contributed by atoms with Crippen LogP contribution in [0.25, 0.3) is 0 Å². The third-order valence-electron chi connectivity index (χ3n) is 2.50. The van der Waals surface area contributed by atoms with Gasteiger partial charge in [0.05, 0.1) is 7.11 Å². The van der Waals surface area contributed by atoms with Crippen LogP contribution in [-0.2, 0) is 20.9 Å². The van der Waals surface area contributed by atoms with Crippen molar-refractivity contribution < 1.29 is 19.2 Å². The molecule has 1 N–H and O–H groups in total. The first-order valence-corrected chi connectivity index (χ1v) is 5.84. The van der Waals surface area contributed by atoms with Crippen LogP contribution in [0.5, 0.6) is 0 Å². The zero-order chi connectivity index (χ0) is 14.3. The van der Waals surface area contributed by atoms with Crippen LogP contribution in [0.3, 0.4) is 0 Å². The summed E-state index contributed by atoms with van der Waals surface area (Å²) in [5, 5.41) is 3.58. The number of amides is 2. The van der Waals surface area contributed by atoms with E-state index in [0.29, 0.717) is 6.54 Å². The van der Waals surface area contributed by atoms with Crippen LogP contribution in [-0.4, -0.2) is 37.3 Å². The van der Waals surface area contributed by atoms with E-state index in [1.807, 2.05) is 30.3 Å². The van der Waals surface area contributed by atoms with Crippen molar-refractivity contribution in [3.8, 4) is 0 Å². The standard InChI is InChI=1S/C13H18N2O4/c1-10(12(16)15(2)18-3)19-13(17)14-9-11-7-5-4-6-8-11/h4-8,10H,9H2,1-3H3,(H,14,17)/t10-/m0/s1. The molecule has 1 aromatic rings. The molecule has 0 bridgehead atoms. The largest absolute Gasteiger partial charge is 0.436 e. The Morgan fingerprint density at radius 1 is 1.32 bits per heavy atom. The molecule has 0 saturated carbocycles. The van der Waals surface area contributed by atoms with Gasteiger partial charge in [-0.2, -0.15) is 0 Å². The van der Waals surface area contributed by atoms with E-state index in [4.69, 9.17) is 9.57 Å². The Kier molecular flexibility index (Phi) is 5.81. The van der Waals surface area contributed by atoms with E-state index in [1.165, 1.54) is 21.1 Å². The summed E-state index contributed by atoms with van der Waals surface area (Å²) in [6.07, 6.45) is -1.55. The van der Waals surface area contributed by atoms with Crippen molar-refractivity contribution in [3.05, 3.63) is 35.9 Å². The molecule has 0 aliphatic heterocycles. The van der Waals surface area contributed by atoms with Gasteiger partial charge in [-0.1, -0.05) is 30.3 Å². The predicted octanol–water partition coefficient (Wildman–Crippen LogP) is 1.32. The number of alkyl carbamates (subject to hydrolysis) is 1. The van der Waals surface area contributed by atoms with Crippen molar-refractivity contribution in [1.82, 2.24) is 10.4 Å². The number of ether oxygens (including phenoxy) is 1. The maximum absolute atomic E-state index is 11.6. The van der Waals surface area contributed by atoms with Crippen LogP contribution in [0.15, 0.2) is 30.3 Å². The number of likely N-dealkylation sites (N-methyl/N-ethyl adjacent to an activating group) is 1. The molecule has 0 heterocycles. The quantitative estimate of drug-likeness (QED) is 0.816. The van der Waals surface area contributed by atoms with Crippen molar-refractivity contribution in [2.24, 2.45) is 0 Å². The van der Waals surface area contributed by atoms with Crippen LogP contribution in [0, 0.1) is 0 Å². The molecule has 0 radical (unpaired) electrons. The van der Waals surface area contributed by atoms with E-state index in [1.54, 1.807) is 0 Å². The number of hydroxylamine groups is 2. The van der Waals surface area contributed by atoms with Crippen LogP contribution in [0.2, 0.25) is 0 Å². The number of nitrogens with zero attached hydrogens (tertiary/aromatic N) is 1. The summed E-state index contributed by atoms with van der Waals surface area (Å²) >= 11 is 0. The predicted molar refractivity (Wildman–Crippen MR) is 69.0 cm³/mol. The molecule has 0 saturated heterocycles. The highest BCUT2D eigenvalue weighted by molar-refractivity contribution is 5.82. The lowest BCUT2D eigenvalue weighted by Crippen LogP contribution is -2.39. The maximum atomic E-state index is 11.6. The molecule has 19 heavy (non-hydrogen) atoms. The number of hydrogen-bond acceptors (Lipinski definition) is 4. The number of benzene rings is 1. The van der Waals surface area contributed by atoms with Crippen molar-refractivity contribution in [3.63, 3.8) is 0 Å². The zero-order valence-corrected chi connectivity index (χ0v) is 11.3. The lowest BCUT2D eigenvalue weighted by Gasteiger charge is -2.19. The highest BCUT2D eigenvalue weighted by Gasteiger charge is 2.21. The molecular weight excluding hydrogens is 248 g/mol. The van der Waals surface area contributed by atoms with Gasteiger partial charge in [0.2, 0.25) is 0 Å². The molecule has 1 atom stereocenters. The van der Waals surface area contributed by atoms with Gasteiger partial charge in [0.25, 0.3) is 5.91 Å². The van der Waals surface area contributed by atoms with Gasteiger partial charge in [0, 0.05) is 13.6 Å². The lowest BCUT2D eigenvalue weighted by molar-refractivity contribution is -0.176. The molecule has 0 aliphatic carbocycles. The molecular formula is C13H18N2O4. The summed E-state index contributed by atoms with van der Waals surface area (Å²) in [4.78, 5) is 27.8. The topological polar surface area (TPSA) is 67.9 Å². The van der Waals surface area contributed by atoms with Gasteiger partial charge in [0.15, 0.2) is 6.10 Å². The van der Waals surface area contributed by atoms with Crippen molar-refractivity contribution >= 4 is 12.0 Å². The summed E-state index contributed by atoms with van der Waals surface area (Å²) in [6.45, 7) is 1.83. The SMILES string of the molecule is CON(C)C(=O)[C@H](C)OC(=O)NCc1ccccc1. The zero-order valence-electron chi connectivity index (χ0n) is 11.3. The molecule has 2 amide bonds. The van der Waals surface area contributed by atoms with Crippen LogP contribution < -0.4 is 5.32 Å². The molecule has 6 nitrogen and oxygen atoms in total. The fourth-order valence-corrected chi connectivity index (χ4v) is 1.37. The summed E-state index contributed by atoms with van der Waals surface area (Å²) in [7, 11) is 2.81. The monoisotopic (exact) mass is 266 g/mol. The van der Waals surface area contributed by atoms with E-state index < -0.39 is 18.1 Å². The Balaban J connectivity index is 2.37. The Morgan fingerprint density at radius 3 is 2.53 bits per heavy atom. The molecule has 1 rings (SSSR count). The molecule has 0 fully saturated rings. The lowest BCUT2D eigenvalue weighted by atomic mass is 10.2. The van der Waals surface area contributed by atoms with Crippen molar-refractivity contribution in [2.75, 3.05) is 14.2 Å². The second-order valence-corrected chi connectivity index (χ2v) is 3.90. The maximum Gasteiger partial charge on any atom is 0.408 e. The Morgan fingerprint density at radius 2 is 1.95 bits per heavy atom.